The summed E-state index contributed by atoms with van der Waals surface area (Å²) < 4.78 is 22.0. The van der Waals surface area contributed by atoms with Gasteiger partial charge in [0.25, 0.3) is 5.91 Å². The first-order valence-corrected chi connectivity index (χ1v) is 11.7. The minimum absolute atomic E-state index is 0.423. The van der Waals surface area contributed by atoms with Crippen LogP contribution in [0.3, 0.4) is 0 Å². The lowest BCUT2D eigenvalue weighted by Crippen LogP contribution is -2.22. The quantitative estimate of drug-likeness (QED) is 0.405. The molecule has 1 N–H and O–H groups in total. The molecule has 6 rings (SSSR count). The van der Waals surface area contributed by atoms with Crippen LogP contribution >= 0.6 is 0 Å². The molecule has 8 heteroatoms. The van der Waals surface area contributed by atoms with Gasteiger partial charge in [-0.15, -0.1) is 0 Å². The number of rotatable bonds is 5. The molecule has 180 valence electrons. The number of esters is 1. The molecule has 0 radical (unpaired) electrons. The van der Waals surface area contributed by atoms with E-state index in [0.717, 1.165) is 29.0 Å². The average molecular weight is 482 g/mol. The molecule has 0 unspecified atom stereocenters. The molecule has 0 bridgehead atoms. The number of furan rings is 1. The summed E-state index contributed by atoms with van der Waals surface area (Å²) in [5, 5.41) is 3.44. The molecule has 1 aliphatic heterocycles. The maximum Gasteiger partial charge on any atom is 0.339 e. The Morgan fingerprint density at radius 2 is 1.86 bits per heavy atom. The molecular formula is C28H22N2O6. The molecule has 0 saturated carbocycles. The van der Waals surface area contributed by atoms with Gasteiger partial charge in [0.1, 0.15) is 19.0 Å². The molecular weight excluding hydrogens is 460 g/mol. The van der Waals surface area contributed by atoms with Crippen LogP contribution in [0.2, 0.25) is 0 Å². The van der Waals surface area contributed by atoms with E-state index in [-0.39, 0.29) is 0 Å². The van der Waals surface area contributed by atoms with Crippen LogP contribution in [0.1, 0.15) is 33.8 Å². The zero-order valence-corrected chi connectivity index (χ0v) is 19.3. The molecule has 2 aliphatic rings. The van der Waals surface area contributed by atoms with Crippen molar-refractivity contribution in [3.05, 3.63) is 83.4 Å². The minimum Gasteiger partial charge on any atom is -0.486 e. The fourth-order valence-corrected chi connectivity index (χ4v) is 4.58. The molecule has 0 spiro atoms. The number of nitrogens with one attached hydrogen (secondary N) is 1. The lowest BCUT2D eigenvalue weighted by molar-refractivity contribution is -0.119. The number of hydrogen-bond donors (Lipinski definition) is 1. The maximum atomic E-state index is 13.3. The number of carbonyl (C=O) groups excluding carboxylic acids is 2. The zero-order chi connectivity index (χ0) is 24.5. The third kappa shape index (κ3) is 4.17. The van der Waals surface area contributed by atoms with E-state index in [1.165, 1.54) is 0 Å². The van der Waals surface area contributed by atoms with Gasteiger partial charge in [-0.25, -0.2) is 9.78 Å². The lowest BCUT2D eigenvalue weighted by atomic mass is 10.0. The van der Waals surface area contributed by atoms with Gasteiger partial charge in [0.05, 0.1) is 23.0 Å². The van der Waals surface area contributed by atoms with Crippen LogP contribution in [0, 0.1) is 0 Å². The Labute approximate surface area is 206 Å². The molecule has 3 heterocycles. The molecule has 36 heavy (non-hydrogen) atoms. The average Bonchev–Trinajstić information content (AvgIpc) is 3.56. The van der Waals surface area contributed by atoms with Crippen molar-refractivity contribution in [2.75, 3.05) is 25.1 Å². The third-order valence-electron chi connectivity index (χ3n) is 6.17. The highest BCUT2D eigenvalue weighted by Crippen LogP contribution is 2.38. The Bertz CT molecular complexity index is 1510. The number of benzene rings is 2. The van der Waals surface area contributed by atoms with E-state index >= 15 is 0 Å². The van der Waals surface area contributed by atoms with Crippen LogP contribution in [-0.2, 0) is 16.0 Å². The summed E-state index contributed by atoms with van der Waals surface area (Å²) in [5.41, 5.74) is 4.25. The number of nitrogens with zero attached hydrogens (tertiary/aromatic N) is 1. The van der Waals surface area contributed by atoms with Gasteiger partial charge in [-0.05, 0) is 60.4 Å². The van der Waals surface area contributed by atoms with Gasteiger partial charge in [-0.2, -0.15) is 0 Å². The van der Waals surface area contributed by atoms with Crippen molar-refractivity contribution in [3.8, 4) is 11.5 Å². The van der Waals surface area contributed by atoms with E-state index in [0.29, 0.717) is 53.3 Å². The van der Waals surface area contributed by atoms with E-state index in [4.69, 9.17) is 23.6 Å². The van der Waals surface area contributed by atoms with Gasteiger partial charge in [-0.1, -0.05) is 18.2 Å². The number of amides is 1. The monoisotopic (exact) mass is 482 g/mol. The summed E-state index contributed by atoms with van der Waals surface area (Å²) >= 11 is 0. The third-order valence-corrected chi connectivity index (χ3v) is 6.17. The summed E-state index contributed by atoms with van der Waals surface area (Å²) in [5.74, 6) is 0.917. The van der Waals surface area contributed by atoms with Crippen LogP contribution in [0.15, 0.2) is 65.3 Å². The number of ether oxygens (including phenoxy) is 3. The number of anilines is 1. The van der Waals surface area contributed by atoms with Gasteiger partial charge in [0.15, 0.2) is 18.1 Å². The minimum atomic E-state index is -0.554. The fourth-order valence-electron chi connectivity index (χ4n) is 4.58. The second-order valence-electron chi connectivity index (χ2n) is 8.50. The Hall–Kier alpha value is -4.59. The Morgan fingerprint density at radius 3 is 2.72 bits per heavy atom. The molecule has 1 aliphatic carbocycles. The van der Waals surface area contributed by atoms with Gasteiger partial charge in [0, 0.05) is 17.1 Å². The number of para-hydroxylation sites is 1. The molecule has 1 amide bonds. The van der Waals surface area contributed by atoms with Crippen molar-refractivity contribution in [2.24, 2.45) is 0 Å². The fraction of sp³-hybridized carbons (Fsp3) is 0.179. The summed E-state index contributed by atoms with van der Waals surface area (Å²) in [4.78, 5) is 30.7. The molecule has 2 aromatic carbocycles. The highest BCUT2D eigenvalue weighted by atomic mass is 16.6. The summed E-state index contributed by atoms with van der Waals surface area (Å²) in [6.45, 7) is 0.514. The van der Waals surface area contributed by atoms with E-state index in [2.05, 4.69) is 5.32 Å². The van der Waals surface area contributed by atoms with E-state index in [1.54, 1.807) is 24.5 Å². The largest absolute Gasteiger partial charge is 0.486 e. The van der Waals surface area contributed by atoms with Crippen molar-refractivity contribution in [3.63, 3.8) is 0 Å². The SMILES string of the molecule is O=C(COC(=O)c1c2c(nc3ccccc13)C(=Cc1ccco1)CC2)Nc1ccc2c(c1)OCCO2. The van der Waals surface area contributed by atoms with E-state index in [9.17, 15) is 9.59 Å². The Kier molecular flexibility index (Phi) is 5.61. The van der Waals surface area contributed by atoms with Crippen molar-refractivity contribution in [1.29, 1.82) is 0 Å². The molecule has 0 saturated heterocycles. The van der Waals surface area contributed by atoms with Gasteiger partial charge in [0.2, 0.25) is 0 Å². The second kappa shape index (κ2) is 9.22. The number of allylic oxidation sites excluding steroid dienone is 1. The summed E-state index contributed by atoms with van der Waals surface area (Å²) in [7, 11) is 0. The molecule has 8 nitrogen and oxygen atoms in total. The van der Waals surface area contributed by atoms with Crippen LogP contribution in [-0.4, -0.2) is 36.7 Å². The highest BCUT2D eigenvalue weighted by Gasteiger charge is 2.28. The number of hydrogen-bond acceptors (Lipinski definition) is 7. The van der Waals surface area contributed by atoms with Crippen molar-refractivity contribution >= 4 is 40.1 Å². The Morgan fingerprint density at radius 1 is 1.00 bits per heavy atom. The summed E-state index contributed by atoms with van der Waals surface area (Å²) in [6, 6.07) is 16.3. The first kappa shape index (κ1) is 21.9. The van der Waals surface area contributed by atoms with Crippen molar-refractivity contribution in [2.45, 2.75) is 12.8 Å². The number of carbonyl (C=O) groups is 2. The van der Waals surface area contributed by atoms with E-state index in [1.807, 2.05) is 42.5 Å². The molecule has 0 atom stereocenters. The topological polar surface area (TPSA) is 99.9 Å². The van der Waals surface area contributed by atoms with Gasteiger partial charge >= 0.3 is 5.97 Å². The molecule has 2 aromatic heterocycles. The van der Waals surface area contributed by atoms with Crippen molar-refractivity contribution < 1.29 is 28.2 Å². The van der Waals surface area contributed by atoms with Crippen LogP contribution in [0.25, 0.3) is 22.6 Å². The number of aromatic nitrogens is 1. The standard InChI is InChI=1S/C28H22N2O6/c31-25(29-18-8-10-23-24(15-18)35-13-12-34-23)16-36-28(32)26-20-5-1-2-6-22(20)30-27-17(7-9-21(26)27)14-19-4-3-11-33-19/h1-6,8,10-11,14-15H,7,9,12-13,16H2,(H,29,31). The van der Waals surface area contributed by atoms with E-state index < -0.39 is 18.5 Å². The second-order valence-corrected chi connectivity index (χ2v) is 8.50. The Balaban J connectivity index is 1.23. The van der Waals surface area contributed by atoms with Gasteiger partial charge in [-0.3, -0.25) is 4.79 Å². The highest BCUT2D eigenvalue weighted by molar-refractivity contribution is 6.08. The smallest absolute Gasteiger partial charge is 0.339 e. The predicted molar refractivity (Wildman–Crippen MR) is 133 cm³/mol. The van der Waals surface area contributed by atoms with Gasteiger partial charge < -0.3 is 23.9 Å². The number of pyridine rings is 1. The van der Waals surface area contributed by atoms with Crippen LogP contribution in [0.4, 0.5) is 5.69 Å². The molecule has 4 aromatic rings. The maximum absolute atomic E-state index is 13.3. The van der Waals surface area contributed by atoms with Crippen molar-refractivity contribution in [1.82, 2.24) is 4.98 Å². The first-order chi connectivity index (χ1) is 17.7. The molecule has 0 fully saturated rings. The number of fused-ring (bicyclic) bond motifs is 3. The summed E-state index contributed by atoms with van der Waals surface area (Å²) in [6.07, 6.45) is 4.94. The van der Waals surface area contributed by atoms with Crippen LogP contribution < -0.4 is 14.8 Å². The van der Waals surface area contributed by atoms with Crippen LogP contribution in [0.5, 0.6) is 11.5 Å². The lowest BCUT2D eigenvalue weighted by Gasteiger charge is -2.19. The normalized spacial score (nSPS) is 15.1. The zero-order valence-electron chi connectivity index (χ0n) is 19.3. The predicted octanol–water partition coefficient (Wildman–Crippen LogP) is 4.88. The first-order valence-electron chi connectivity index (χ1n) is 11.7.